The van der Waals surface area contributed by atoms with Crippen LogP contribution in [-0.2, 0) is 9.59 Å². The van der Waals surface area contributed by atoms with Gasteiger partial charge in [-0.25, -0.2) is 0 Å². The molecule has 1 atom stereocenters. The Morgan fingerprint density at radius 2 is 1.73 bits per heavy atom. The van der Waals surface area contributed by atoms with Gasteiger partial charge in [0.2, 0.25) is 11.8 Å². The largest absolute Gasteiger partial charge is 0.392 e. The van der Waals surface area contributed by atoms with Crippen LogP contribution in [0.15, 0.2) is 0 Å². The highest BCUT2D eigenvalue weighted by Crippen LogP contribution is 2.27. The number of aliphatic hydroxyl groups is 1. The lowest BCUT2D eigenvalue weighted by molar-refractivity contribution is -0.127. The Morgan fingerprint density at radius 3 is 2.27 bits per heavy atom. The van der Waals surface area contributed by atoms with Crippen molar-refractivity contribution in [1.29, 1.82) is 0 Å². The molecule has 1 rings (SSSR count). The summed E-state index contributed by atoms with van der Waals surface area (Å²) in [6, 6.07) is 0. The van der Waals surface area contributed by atoms with Crippen LogP contribution in [-0.4, -0.2) is 36.1 Å². The van der Waals surface area contributed by atoms with Crippen LogP contribution in [0.2, 0.25) is 0 Å². The Morgan fingerprint density at radius 1 is 1.14 bits per heavy atom. The average Bonchev–Trinajstić information content (AvgIpc) is 2.94. The zero-order chi connectivity index (χ0) is 16.8. The first kappa shape index (κ1) is 18.9. The van der Waals surface area contributed by atoms with E-state index in [1.165, 1.54) is 12.8 Å². The molecular formula is C17H32N2O3. The van der Waals surface area contributed by atoms with Crippen LogP contribution < -0.4 is 10.6 Å². The van der Waals surface area contributed by atoms with Gasteiger partial charge in [0.25, 0.3) is 0 Å². The van der Waals surface area contributed by atoms with Gasteiger partial charge in [-0.15, -0.1) is 0 Å². The molecule has 0 spiro atoms. The van der Waals surface area contributed by atoms with E-state index in [1.807, 2.05) is 27.7 Å². The summed E-state index contributed by atoms with van der Waals surface area (Å²) in [6.07, 6.45) is 4.73. The maximum Gasteiger partial charge on any atom is 0.239 e. The lowest BCUT2D eigenvalue weighted by atomic mass is 9.81. The number of nitrogens with one attached hydrogen (secondary N) is 2. The topological polar surface area (TPSA) is 78.4 Å². The maximum atomic E-state index is 11.8. The number of carbonyl (C=O) groups excluding carboxylic acids is 2. The van der Waals surface area contributed by atoms with Gasteiger partial charge >= 0.3 is 0 Å². The molecule has 1 saturated carbocycles. The first-order valence-electron chi connectivity index (χ1n) is 8.44. The number of rotatable bonds is 8. The van der Waals surface area contributed by atoms with E-state index in [2.05, 4.69) is 10.6 Å². The van der Waals surface area contributed by atoms with E-state index in [1.54, 1.807) is 0 Å². The maximum absolute atomic E-state index is 11.8. The third-order valence-corrected chi connectivity index (χ3v) is 4.57. The Hall–Kier alpha value is -1.10. The van der Waals surface area contributed by atoms with E-state index in [0.717, 1.165) is 12.8 Å². The number of hydrogen-bond donors (Lipinski definition) is 3. The van der Waals surface area contributed by atoms with Gasteiger partial charge in [0, 0.05) is 18.4 Å². The highest BCUT2D eigenvalue weighted by atomic mass is 16.3. The van der Waals surface area contributed by atoms with Gasteiger partial charge in [0.15, 0.2) is 0 Å². The molecular weight excluding hydrogens is 280 g/mol. The van der Waals surface area contributed by atoms with Crippen molar-refractivity contribution in [3.05, 3.63) is 0 Å². The van der Waals surface area contributed by atoms with Gasteiger partial charge < -0.3 is 15.7 Å². The van der Waals surface area contributed by atoms with E-state index in [0.29, 0.717) is 18.9 Å². The van der Waals surface area contributed by atoms with Gasteiger partial charge in [-0.2, -0.15) is 0 Å². The van der Waals surface area contributed by atoms with Gasteiger partial charge in [-0.1, -0.05) is 40.5 Å². The third-order valence-electron chi connectivity index (χ3n) is 4.57. The van der Waals surface area contributed by atoms with Gasteiger partial charge in [0.1, 0.15) is 0 Å². The van der Waals surface area contributed by atoms with Crippen molar-refractivity contribution in [2.45, 2.75) is 65.9 Å². The summed E-state index contributed by atoms with van der Waals surface area (Å²) in [7, 11) is 0. The fourth-order valence-corrected chi connectivity index (χ4v) is 3.12. The zero-order valence-corrected chi connectivity index (χ0v) is 14.4. The number of hydrogen-bond acceptors (Lipinski definition) is 3. The molecule has 0 bridgehead atoms. The molecule has 5 heteroatoms. The average molecular weight is 312 g/mol. The van der Waals surface area contributed by atoms with E-state index in [9.17, 15) is 14.7 Å². The van der Waals surface area contributed by atoms with Crippen LogP contribution in [0.25, 0.3) is 0 Å². The van der Waals surface area contributed by atoms with Crippen LogP contribution in [0.1, 0.15) is 59.8 Å². The highest BCUT2D eigenvalue weighted by molar-refractivity contribution is 5.84. The van der Waals surface area contributed by atoms with Crippen molar-refractivity contribution in [2.24, 2.45) is 17.3 Å². The molecule has 0 aromatic heterocycles. The van der Waals surface area contributed by atoms with Crippen molar-refractivity contribution >= 4 is 11.8 Å². The molecule has 0 saturated heterocycles. The molecule has 1 aliphatic rings. The first-order valence-corrected chi connectivity index (χ1v) is 8.44. The Labute approximate surface area is 134 Å². The quantitative estimate of drug-likeness (QED) is 0.640. The summed E-state index contributed by atoms with van der Waals surface area (Å²) >= 11 is 0. The standard InChI is InChI=1S/C17H32N2O3/c1-12(2)16(22)17(3,4)11-19-15(21)10-18-14(20)9-13-7-5-6-8-13/h12-13,16,22H,5-11H2,1-4H3,(H,18,20)(H,19,21). The van der Waals surface area contributed by atoms with Crippen molar-refractivity contribution in [2.75, 3.05) is 13.1 Å². The zero-order valence-electron chi connectivity index (χ0n) is 14.4. The molecule has 0 radical (unpaired) electrons. The second-order valence-electron chi connectivity index (χ2n) is 7.59. The molecule has 22 heavy (non-hydrogen) atoms. The number of aliphatic hydroxyl groups excluding tert-OH is 1. The second-order valence-corrected chi connectivity index (χ2v) is 7.59. The van der Waals surface area contributed by atoms with E-state index in [4.69, 9.17) is 0 Å². The van der Waals surface area contributed by atoms with Gasteiger partial charge in [-0.3, -0.25) is 9.59 Å². The van der Waals surface area contributed by atoms with Crippen molar-refractivity contribution in [1.82, 2.24) is 10.6 Å². The second kappa shape index (κ2) is 8.51. The molecule has 1 unspecified atom stereocenters. The predicted octanol–water partition coefficient (Wildman–Crippen LogP) is 1.84. The van der Waals surface area contributed by atoms with E-state index >= 15 is 0 Å². The molecule has 0 aromatic rings. The summed E-state index contributed by atoms with van der Waals surface area (Å²) in [5.74, 6) is 0.383. The van der Waals surface area contributed by atoms with Crippen LogP contribution in [0.5, 0.6) is 0 Å². The molecule has 0 aliphatic heterocycles. The number of carbonyl (C=O) groups is 2. The van der Waals surface area contributed by atoms with Crippen LogP contribution in [0.4, 0.5) is 0 Å². The summed E-state index contributed by atoms with van der Waals surface area (Å²) in [5, 5.41) is 15.6. The lowest BCUT2D eigenvalue weighted by Crippen LogP contribution is -2.46. The fraction of sp³-hybridized carbons (Fsp3) is 0.882. The molecule has 0 aromatic carbocycles. The van der Waals surface area contributed by atoms with Crippen LogP contribution in [0.3, 0.4) is 0 Å². The summed E-state index contributed by atoms with van der Waals surface area (Å²) < 4.78 is 0. The molecule has 2 amide bonds. The van der Waals surface area contributed by atoms with Crippen LogP contribution in [0, 0.1) is 17.3 Å². The molecule has 3 N–H and O–H groups in total. The first-order chi connectivity index (χ1) is 10.2. The monoisotopic (exact) mass is 312 g/mol. The normalized spacial score (nSPS) is 17.5. The van der Waals surface area contributed by atoms with Gasteiger partial charge in [-0.05, 0) is 24.7 Å². The predicted molar refractivity (Wildman–Crippen MR) is 87.2 cm³/mol. The van der Waals surface area contributed by atoms with Crippen LogP contribution >= 0.6 is 0 Å². The lowest BCUT2D eigenvalue weighted by Gasteiger charge is -2.33. The van der Waals surface area contributed by atoms with E-state index < -0.39 is 11.5 Å². The third kappa shape index (κ3) is 6.34. The van der Waals surface area contributed by atoms with Crippen molar-refractivity contribution in [3.8, 4) is 0 Å². The Balaban J connectivity index is 2.23. The summed E-state index contributed by atoms with van der Waals surface area (Å²) in [4.78, 5) is 23.6. The molecule has 0 heterocycles. The van der Waals surface area contributed by atoms with E-state index in [-0.39, 0.29) is 24.3 Å². The van der Waals surface area contributed by atoms with Crippen molar-refractivity contribution in [3.63, 3.8) is 0 Å². The minimum atomic E-state index is -0.482. The summed E-state index contributed by atoms with van der Waals surface area (Å²) in [5.41, 5.74) is -0.391. The minimum absolute atomic E-state index is 0.0133. The molecule has 5 nitrogen and oxygen atoms in total. The molecule has 1 fully saturated rings. The fourth-order valence-electron chi connectivity index (χ4n) is 3.12. The smallest absolute Gasteiger partial charge is 0.239 e. The minimum Gasteiger partial charge on any atom is -0.392 e. The number of amides is 2. The Bertz CT molecular complexity index is 374. The van der Waals surface area contributed by atoms with Gasteiger partial charge in [0.05, 0.1) is 12.6 Å². The van der Waals surface area contributed by atoms with Crippen molar-refractivity contribution < 1.29 is 14.7 Å². The SMILES string of the molecule is CC(C)C(O)C(C)(C)CNC(=O)CNC(=O)CC1CCCC1. The highest BCUT2D eigenvalue weighted by Gasteiger charge is 2.30. The summed E-state index contributed by atoms with van der Waals surface area (Å²) in [6.45, 7) is 8.17. The molecule has 1 aliphatic carbocycles. The Kier molecular flexibility index (Phi) is 7.33. The molecule has 128 valence electrons.